The molecule has 0 saturated carbocycles. The van der Waals surface area contributed by atoms with Gasteiger partial charge in [0.15, 0.2) is 5.65 Å². The minimum absolute atomic E-state index is 0.249. The summed E-state index contributed by atoms with van der Waals surface area (Å²) in [4.78, 5) is 20.4. The van der Waals surface area contributed by atoms with Gasteiger partial charge in [-0.2, -0.15) is 5.10 Å². The van der Waals surface area contributed by atoms with E-state index in [1.807, 2.05) is 0 Å². The number of nitrogens with one attached hydrogen (secondary N) is 1. The Morgan fingerprint density at radius 2 is 2.08 bits per heavy atom. The normalized spacial score (nSPS) is 12.1. The van der Waals surface area contributed by atoms with Crippen LogP contribution in [-0.2, 0) is 16.6 Å². The molecule has 2 aromatic heterocycles. The van der Waals surface area contributed by atoms with E-state index in [1.54, 1.807) is 30.1 Å². The van der Waals surface area contributed by atoms with Crippen LogP contribution in [0.2, 0.25) is 0 Å². The summed E-state index contributed by atoms with van der Waals surface area (Å²) >= 11 is 0. The third kappa shape index (κ3) is 3.03. The number of aryl methyl sites for hydroxylation is 1. The third-order valence-corrected chi connectivity index (χ3v) is 3.76. The molecule has 8 heteroatoms. The van der Waals surface area contributed by atoms with E-state index in [1.165, 1.54) is 25.6 Å². The molecule has 2 heterocycles. The van der Waals surface area contributed by atoms with Crippen molar-refractivity contribution in [3.8, 4) is 0 Å². The summed E-state index contributed by atoms with van der Waals surface area (Å²) in [6, 6.07) is 5.76. The monoisotopic (exact) mass is 329 g/mol. The fourth-order valence-electron chi connectivity index (χ4n) is 2.48. The molecule has 1 N–H and O–H groups in total. The van der Waals surface area contributed by atoms with Gasteiger partial charge in [0, 0.05) is 13.6 Å². The summed E-state index contributed by atoms with van der Waals surface area (Å²) in [6.07, 6.45) is 3.08. The second kappa shape index (κ2) is 6.61. The summed E-state index contributed by atoms with van der Waals surface area (Å²) < 4.78 is 19.6. The number of nitrogens with zero attached hydrogens (tertiary/aromatic N) is 4. The lowest BCUT2D eigenvalue weighted by molar-refractivity contribution is -0.142. The van der Waals surface area contributed by atoms with Gasteiger partial charge >= 0.3 is 5.97 Å². The molecule has 124 valence electrons. The maximum atomic E-state index is 13.1. The highest BCUT2D eigenvalue weighted by atomic mass is 19.1. The highest BCUT2D eigenvalue weighted by molar-refractivity contribution is 5.86. The quantitative estimate of drug-likeness (QED) is 0.720. The summed E-state index contributed by atoms with van der Waals surface area (Å²) in [7, 11) is 3.11. The lowest BCUT2D eigenvalue weighted by Crippen LogP contribution is -2.23. The molecule has 0 radical (unpaired) electrons. The van der Waals surface area contributed by atoms with Crippen molar-refractivity contribution in [3.05, 3.63) is 48.2 Å². The molecule has 0 saturated heterocycles. The van der Waals surface area contributed by atoms with E-state index in [4.69, 9.17) is 4.74 Å². The molecule has 0 unspecified atom stereocenters. The Kier molecular flexibility index (Phi) is 4.37. The first kappa shape index (κ1) is 15.9. The van der Waals surface area contributed by atoms with Crippen molar-refractivity contribution in [2.45, 2.75) is 5.92 Å². The number of aromatic nitrogens is 4. The zero-order chi connectivity index (χ0) is 17.1. The fraction of sp³-hybridized carbons (Fsp3) is 0.250. The number of methoxy groups -OCH3 is 1. The number of hydrogen-bond donors (Lipinski definition) is 1. The number of ether oxygens (including phenoxy) is 1. The molecule has 0 spiro atoms. The van der Waals surface area contributed by atoms with Gasteiger partial charge in [-0.25, -0.2) is 14.4 Å². The van der Waals surface area contributed by atoms with Gasteiger partial charge in [0.1, 0.15) is 18.0 Å². The van der Waals surface area contributed by atoms with E-state index in [0.29, 0.717) is 17.0 Å². The van der Waals surface area contributed by atoms with Crippen molar-refractivity contribution in [3.63, 3.8) is 0 Å². The third-order valence-electron chi connectivity index (χ3n) is 3.76. The average molecular weight is 329 g/mol. The van der Waals surface area contributed by atoms with Crippen molar-refractivity contribution < 1.29 is 13.9 Å². The summed E-state index contributed by atoms with van der Waals surface area (Å²) in [6.45, 7) is 0.249. The Morgan fingerprint density at radius 3 is 2.79 bits per heavy atom. The molecule has 7 nitrogen and oxygen atoms in total. The van der Waals surface area contributed by atoms with Gasteiger partial charge in [0.05, 0.1) is 24.6 Å². The number of halogens is 1. The summed E-state index contributed by atoms with van der Waals surface area (Å²) in [5.41, 5.74) is 1.34. The van der Waals surface area contributed by atoms with Crippen molar-refractivity contribution in [2.24, 2.45) is 7.05 Å². The maximum absolute atomic E-state index is 13.1. The number of benzene rings is 1. The number of carbonyl (C=O) groups is 1. The molecule has 1 aromatic carbocycles. The van der Waals surface area contributed by atoms with Crippen LogP contribution in [-0.4, -0.2) is 39.4 Å². The fourth-order valence-corrected chi connectivity index (χ4v) is 2.48. The summed E-state index contributed by atoms with van der Waals surface area (Å²) in [5.74, 6) is -0.782. The standard InChI is InChI=1S/C16H16FN5O2/c1-22-15-13(8-21-22)14(19-9-20-15)18-7-12(16(23)24-2)10-3-5-11(17)6-4-10/h3-6,8-9,12H,7H2,1-2H3,(H,18,19,20)/t12-/m1/s1. The number of fused-ring (bicyclic) bond motifs is 1. The van der Waals surface area contributed by atoms with Gasteiger partial charge in [-0.05, 0) is 17.7 Å². The SMILES string of the molecule is COC(=O)[C@H](CNc1ncnc2c1cnn2C)c1ccc(F)cc1. The Bertz CT molecular complexity index is 863. The van der Waals surface area contributed by atoms with Crippen molar-refractivity contribution >= 4 is 22.8 Å². The Morgan fingerprint density at radius 1 is 1.33 bits per heavy atom. The van der Waals surface area contributed by atoms with Gasteiger partial charge < -0.3 is 10.1 Å². The Hall–Kier alpha value is -3.03. The van der Waals surface area contributed by atoms with Gasteiger partial charge in [0.25, 0.3) is 0 Å². The molecule has 0 fully saturated rings. The lowest BCUT2D eigenvalue weighted by Gasteiger charge is -2.16. The van der Waals surface area contributed by atoms with Crippen LogP contribution in [0.3, 0.4) is 0 Å². The topological polar surface area (TPSA) is 81.9 Å². The molecule has 3 rings (SSSR count). The average Bonchev–Trinajstić information content (AvgIpc) is 2.98. The predicted molar refractivity (Wildman–Crippen MR) is 86.0 cm³/mol. The van der Waals surface area contributed by atoms with Crippen LogP contribution in [0.1, 0.15) is 11.5 Å². The van der Waals surface area contributed by atoms with E-state index in [9.17, 15) is 9.18 Å². The number of hydrogen-bond acceptors (Lipinski definition) is 6. The first-order chi connectivity index (χ1) is 11.6. The van der Waals surface area contributed by atoms with E-state index in [2.05, 4.69) is 20.4 Å². The van der Waals surface area contributed by atoms with Crippen LogP contribution < -0.4 is 5.32 Å². The van der Waals surface area contributed by atoms with Crippen LogP contribution in [0.25, 0.3) is 11.0 Å². The number of anilines is 1. The van der Waals surface area contributed by atoms with Crippen LogP contribution in [0.5, 0.6) is 0 Å². The predicted octanol–water partition coefficient (Wildman–Crippen LogP) is 1.87. The first-order valence-corrected chi connectivity index (χ1v) is 7.30. The van der Waals surface area contributed by atoms with E-state index in [-0.39, 0.29) is 12.4 Å². The molecular weight excluding hydrogens is 313 g/mol. The lowest BCUT2D eigenvalue weighted by atomic mass is 9.99. The molecule has 24 heavy (non-hydrogen) atoms. The van der Waals surface area contributed by atoms with Crippen molar-refractivity contribution in [1.29, 1.82) is 0 Å². The Balaban J connectivity index is 1.85. The molecule has 0 amide bonds. The zero-order valence-electron chi connectivity index (χ0n) is 13.2. The number of rotatable bonds is 5. The van der Waals surface area contributed by atoms with Gasteiger partial charge in [-0.3, -0.25) is 9.48 Å². The Labute approximate surface area is 137 Å². The smallest absolute Gasteiger partial charge is 0.314 e. The van der Waals surface area contributed by atoms with Gasteiger partial charge in [0.2, 0.25) is 0 Å². The molecule has 1 atom stereocenters. The van der Waals surface area contributed by atoms with E-state index >= 15 is 0 Å². The molecule has 3 aromatic rings. The van der Waals surface area contributed by atoms with Crippen LogP contribution in [0.4, 0.5) is 10.2 Å². The number of carbonyl (C=O) groups excluding carboxylic acids is 1. The van der Waals surface area contributed by atoms with Crippen LogP contribution in [0, 0.1) is 5.82 Å². The zero-order valence-corrected chi connectivity index (χ0v) is 13.2. The maximum Gasteiger partial charge on any atom is 0.314 e. The molecule has 0 bridgehead atoms. The largest absolute Gasteiger partial charge is 0.468 e. The second-order valence-corrected chi connectivity index (χ2v) is 5.24. The highest BCUT2D eigenvalue weighted by Crippen LogP contribution is 2.22. The molecule has 0 aliphatic carbocycles. The van der Waals surface area contributed by atoms with Crippen molar-refractivity contribution in [2.75, 3.05) is 19.0 Å². The van der Waals surface area contributed by atoms with E-state index < -0.39 is 11.9 Å². The van der Waals surface area contributed by atoms with Gasteiger partial charge in [-0.1, -0.05) is 12.1 Å². The van der Waals surface area contributed by atoms with Gasteiger partial charge in [-0.15, -0.1) is 0 Å². The number of esters is 1. The molecule has 0 aliphatic rings. The first-order valence-electron chi connectivity index (χ1n) is 7.30. The second-order valence-electron chi connectivity index (χ2n) is 5.24. The highest BCUT2D eigenvalue weighted by Gasteiger charge is 2.22. The summed E-state index contributed by atoms with van der Waals surface area (Å²) in [5, 5.41) is 8.03. The van der Waals surface area contributed by atoms with E-state index in [0.717, 1.165) is 5.39 Å². The minimum atomic E-state index is -0.586. The molecular formula is C16H16FN5O2. The van der Waals surface area contributed by atoms with Crippen molar-refractivity contribution in [1.82, 2.24) is 19.7 Å². The molecule has 0 aliphatic heterocycles. The van der Waals surface area contributed by atoms with Crippen LogP contribution >= 0.6 is 0 Å². The minimum Gasteiger partial charge on any atom is -0.468 e. The van der Waals surface area contributed by atoms with Crippen LogP contribution in [0.15, 0.2) is 36.8 Å².